The van der Waals surface area contributed by atoms with Crippen LogP contribution in [0.1, 0.15) is 50.2 Å². The molecule has 0 atom stereocenters. The minimum atomic E-state index is -3.57. The van der Waals surface area contributed by atoms with Crippen molar-refractivity contribution < 1.29 is 13.2 Å². The fourth-order valence-corrected chi connectivity index (χ4v) is 3.60. The molecule has 0 bridgehead atoms. The van der Waals surface area contributed by atoms with Gasteiger partial charge in [0.25, 0.3) is 0 Å². The molecular formula is C17H28N2O3S. The third-order valence-electron chi connectivity index (χ3n) is 3.63. The van der Waals surface area contributed by atoms with E-state index in [9.17, 15) is 13.2 Å². The largest absolute Gasteiger partial charge is 0.356 e. The van der Waals surface area contributed by atoms with Crippen molar-refractivity contribution in [3.05, 3.63) is 29.3 Å². The van der Waals surface area contributed by atoms with E-state index >= 15 is 0 Å². The van der Waals surface area contributed by atoms with Gasteiger partial charge in [-0.25, -0.2) is 13.1 Å². The molecule has 1 amide bonds. The molecule has 0 aliphatic heterocycles. The van der Waals surface area contributed by atoms with E-state index in [4.69, 9.17) is 0 Å². The Morgan fingerprint density at radius 3 is 2.52 bits per heavy atom. The molecule has 1 aromatic rings. The first-order valence-corrected chi connectivity index (χ1v) is 9.68. The lowest BCUT2D eigenvalue weighted by atomic mass is 10.2. The molecule has 6 heteroatoms. The fraction of sp³-hybridized carbons (Fsp3) is 0.588. The van der Waals surface area contributed by atoms with Gasteiger partial charge in [-0.3, -0.25) is 4.79 Å². The number of rotatable bonds is 10. The second kappa shape index (κ2) is 9.67. The van der Waals surface area contributed by atoms with Gasteiger partial charge in [-0.1, -0.05) is 38.3 Å². The maximum absolute atomic E-state index is 12.3. The Balaban J connectivity index is 2.39. The van der Waals surface area contributed by atoms with E-state index in [0.717, 1.165) is 24.8 Å². The van der Waals surface area contributed by atoms with E-state index in [1.807, 2.05) is 13.0 Å². The van der Waals surface area contributed by atoms with Crippen LogP contribution in [0, 0.1) is 13.8 Å². The summed E-state index contributed by atoms with van der Waals surface area (Å²) in [4.78, 5) is 11.9. The molecule has 1 rings (SSSR count). The molecule has 0 aliphatic rings. The predicted octanol–water partition coefficient (Wildman–Crippen LogP) is 2.67. The van der Waals surface area contributed by atoms with Gasteiger partial charge in [-0.05, 0) is 37.5 Å². The Labute approximate surface area is 139 Å². The molecule has 23 heavy (non-hydrogen) atoms. The maximum atomic E-state index is 12.3. The van der Waals surface area contributed by atoms with Gasteiger partial charge in [0.15, 0.2) is 0 Å². The minimum Gasteiger partial charge on any atom is -0.356 e. The Kier molecular flexibility index (Phi) is 8.26. The smallest absolute Gasteiger partial charge is 0.240 e. The monoisotopic (exact) mass is 340 g/mol. The van der Waals surface area contributed by atoms with Gasteiger partial charge in [-0.15, -0.1) is 0 Å². The zero-order chi connectivity index (χ0) is 17.3. The third-order valence-corrected chi connectivity index (χ3v) is 5.23. The molecule has 0 heterocycles. The number of carbonyl (C=O) groups is 1. The maximum Gasteiger partial charge on any atom is 0.240 e. The lowest BCUT2D eigenvalue weighted by Crippen LogP contribution is -2.31. The Morgan fingerprint density at radius 2 is 1.83 bits per heavy atom. The lowest BCUT2D eigenvalue weighted by molar-refractivity contribution is -0.120. The normalized spacial score (nSPS) is 11.4. The molecule has 1 aromatic carbocycles. The molecule has 0 spiro atoms. The van der Waals surface area contributed by atoms with Crippen LogP contribution in [0.25, 0.3) is 0 Å². The van der Waals surface area contributed by atoms with Gasteiger partial charge in [0, 0.05) is 19.5 Å². The molecule has 0 saturated carbocycles. The lowest BCUT2D eigenvalue weighted by Gasteiger charge is -2.10. The van der Waals surface area contributed by atoms with Crippen molar-refractivity contribution in [3.8, 4) is 0 Å². The molecular weight excluding hydrogens is 312 g/mol. The van der Waals surface area contributed by atoms with Crippen LogP contribution in [0.4, 0.5) is 0 Å². The number of amides is 1. The Bertz CT molecular complexity index is 612. The summed E-state index contributed by atoms with van der Waals surface area (Å²) in [7, 11) is -3.57. The van der Waals surface area contributed by atoms with Gasteiger partial charge < -0.3 is 5.32 Å². The van der Waals surface area contributed by atoms with Crippen LogP contribution in [0.15, 0.2) is 23.1 Å². The van der Waals surface area contributed by atoms with E-state index in [2.05, 4.69) is 17.0 Å². The van der Waals surface area contributed by atoms with Gasteiger partial charge in [0.2, 0.25) is 15.9 Å². The fourth-order valence-electron chi connectivity index (χ4n) is 2.24. The first-order valence-electron chi connectivity index (χ1n) is 8.20. The third kappa shape index (κ3) is 7.14. The summed E-state index contributed by atoms with van der Waals surface area (Å²) in [6.45, 7) is 6.52. The van der Waals surface area contributed by atoms with Crippen LogP contribution in [-0.2, 0) is 14.8 Å². The van der Waals surface area contributed by atoms with Gasteiger partial charge >= 0.3 is 0 Å². The summed E-state index contributed by atoms with van der Waals surface area (Å²) in [6.07, 6.45) is 4.56. The van der Waals surface area contributed by atoms with E-state index in [-0.39, 0.29) is 23.8 Å². The van der Waals surface area contributed by atoms with Crippen molar-refractivity contribution in [2.45, 2.75) is 57.8 Å². The zero-order valence-electron chi connectivity index (χ0n) is 14.3. The van der Waals surface area contributed by atoms with Crippen molar-refractivity contribution in [1.82, 2.24) is 10.0 Å². The van der Waals surface area contributed by atoms with Crippen LogP contribution < -0.4 is 10.0 Å². The van der Waals surface area contributed by atoms with E-state index in [1.54, 1.807) is 19.1 Å². The number of carbonyl (C=O) groups excluding carboxylic acids is 1. The SMILES string of the molecule is CCCCCCNC(=O)CCNS(=O)(=O)c1cc(C)ccc1C. The van der Waals surface area contributed by atoms with Gasteiger partial charge in [0.05, 0.1) is 4.90 Å². The van der Waals surface area contributed by atoms with E-state index < -0.39 is 10.0 Å². The molecule has 0 unspecified atom stereocenters. The quantitative estimate of drug-likeness (QED) is 0.643. The number of sulfonamides is 1. The average Bonchev–Trinajstić information content (AvgIpc) is 2.49. The number of hydrogen-bond donors (Lipinski definition) is 2. The molecule has 0 saturated heterocycles. The van der Waals surface area contributed by atoms with Crippen LogP contribution >= 0.6 is 0 Å². The first-order chi connectivity index (χ1) is 10.9. The summed E-state index contributed by atoms with van der Waals surface area (Å²) in [5.41, 5.74) is 1.59. The highest BCUT2D eigenvalue weighted by atomic mass is 32.2. The van der Waals surface area contributed by atoms with Crippen molar-refractivity contribution in [2.24, 2.45) is 0 Å². The number of nitrogens with one attached hydrogen (secondary N) is 2. The average molecular weight is 340 g/mol. The van der Waals surface area contributed by atoms with Crippen molar-refractivity contribution in [1.29, 1.82) is 0 Å². The van der Waals surface area contributed by atoms with Crippen LogP contribution in [0.2, 0.25) is 0 Å². The van der Waals surface area contributed by atoms with Crippen LogP contribution in [0.5, 0.6) is 0 Å². The van der Waals surface area contributed by atoms with Crippen molar-refractivity contribution in [3.63, 3.8) is 0 Å². The van der Waals surface area contributed by atoms with E-state index in [0.29, 0.717) is 12.1 Å². The standard InChI is InChI=1S/C17H28N2O3S/c1-4-5-6-7-11-18-17(20)10-12-19-23(21,22)16-13-14(2)8-9-15(16)3/h8-9,13,19H,4-7,10-12H2,1-3H3,(H,18,20). The van der Waals surface area contributed by atoms with Gasteiger partial charge in [0.1, 0.15) is 0 Å². The highest BCUT2D eigenvalue weighted by Crippen LogP contribution is 2.16. The number of unbranched alkanes of at least 4 members (excludes halogenated alkanes) is 3. The topological polar surface area (TPSA) is 75.3 Å². The van der Waals surface area contributed by atoms with Crippen LogP contribution in [0.3, 0.4) is 0 Å². The molecule has 130 valence electrons. The number of hydrogen-bond acceptors (Lipinski definition) is 3. The summed E-state index contributed by atoms with van der Waals surface area (Å²) in [5.74, 6) is -0.120. The highest BCUT2D eigenvalue weighted by molar-refractivity contribution is 7.89. The van der Waals surface area contributed by atoms with E-state index in [1.165, 1.54) is 6.42 Å². The summed E-state index contributed by atoms with van der Waals surface area (Å²) in [6, 6.07) is 5.30. The molecule has 2 N–H and O–H groups in total. The van der Waals surface area contributed by atoms with Crippen molar-refractivity contribution >= 4 is 15.9 Å². The minimum absolute atomic E-state index is 0.108. The Morgan fingerprint density at radius 1 is 1.09 bits per heavy atom. The summed E-state index contributed by atoms with van der Waals surface area (Å²) >= 11 is 0. The molecule has 0 aromatic heterocycles. The summed E-state index contributed by atoms with van der Waals surface area (Å²) < 4.78 is 27.0. The predicted molar refractivity (Wildman–Crippen MR) is 92.9 cm³/mol. The number of benzene rings is 1. The zero-order valence-corrected chi connectivity index (χ0v) is 15.1. The van der Waals surface area contributed by atoms with Gasteiger partial charge in [-0.2, -0.15) is 0 Å². The van der Waals surface area contributed by atoms with Crippen LogP contribution in [-0.4, -0.2) is 27.4 Å². The molecule has 0 aliphatic carbocycles. The highest BCUT2D eigenvalue weighted by Gasteiger charge is 2.16. The first kappa shape index (κ1) is 19.6. The second-order valence-corrected chi connectivity index (χ2v) is 7.56. The van der Waals surface area contributed by atoms with Crippen molar-refractivity contribution in [2.75, 3.05) is 13.1 Å². The molecule has 0 radical (unpaired) electrons. The molecule has 0 fully saturated rings. The second-order valence-electron chi connectivity index (χ2n) is 5.83. The molecule has 5 nitrogen and oxygen atoms in total. The Hall–Kier alpha value is -1.40. The number of aryl methyl sites for hydroxylation is 2. The summed E-state index contributed by atoms with van der Waals surface area (Å²) in [5, 5.41) is 2.81.